The zero-order valence-electron chi connectivity index (χ0n) is 12.0. The molecule has 0 bridgehead atoms. The molecule has 1 aromatic carbocycles. The molecule has 1 aromatic rings. The number of methoxy groups -OCH3 is 2. The van der Waals surface area contributed by atoms with Gasteiger partial charge in [-0.05, 0) is 18.7 Å². The molecule has 5 nitrogen and oxygen atoms in total. The van der Waals surface area contributed by atoms with Gasteiger partial charge in [-0.2, -0.15) is 0 Å². The van der Waals surface area contributed by atoms with E-state index in [0.29, 0.717) is 13.1 Å². The molecule has 0 saturated carbocycles. The normalized spacial score (nSPS) is 11.8. The SMILES string of the molecule is CCNC(CN(C)c1cccc(OC)c1)C(=O)OC. The van der Waals surface area contributed by atoms with Gasteiger partial charge >= 0.3 is 5.97 Å². The summed E-state index contributed by atoms with van der Waals surface area (Å²) in [5.41, 5.74) is 0.992. The van der Waals surface area contributed by atoms with Crippen LogP contribution in [0.25, 0.3) is 0 Å². The van der Waals surface area contributed by atoms with E-state index in [2.05, 4.69) is 5.32 Å². The van der Waals surface area contributed by atoms with Crippen molar-refractivity contribution in [2.75, 3.05) is 39.3 Å². The smallest absolute Gasteiger partial charge is 0.324 e. The lowest BCUT2D eigenvalue weighted by molar-refractivity contribution is -0.142. The Morgan fingerprint density at radius 3 is 2.74 bits per heavy atom. The molecule has 5 heteroatoms. The van der Waals surface area contributed by atoms with E-state index in [0.717, 1.165) is 11.4 Å². The van der Waals surface area contributed by atoms with Crippen molar-refractivity contribution in [3.63, 3.8) is 0 Å². The summed E-state index contributed by atoms with van der Waals surface area (Å²) in [6.07, 6.45) is 0. The number of carbonyl (C=O) groups excluding carboxylic acids is 1. The standard InChI is InChI=1S/C14H22N2O3/c1-5-15-13(14(17)19-4)10-16(2)11-7-6-8-12(9-11)18-3/h6-9,13,15H,5,10H2,1-4H3. The van der Waals surface area contributed by atoms with Gasteiger partial charge in [0, 0.05) is 25.3 Å². The number of benzene rings is 1. The average molecular weight is 266 g/mol. The Bertz CT molecular complexity index is 409. The number of anilines is 1. The number of nitrogens with one attached hydrogen (secondary N) is 1. The van der Waals surface area contributed by atoms with Crippen molar-refractivity contribution in [2.45, 2.75) is 13.0 Å². The summed E-state index contributed by atoms with van der Waals surface area (Å²) in [6, 6.07) is 7.37. The molecule has 106 valence electrons. The fraction of sp³-hybridized carbons (Fsp3) is 0.500. The van der Waals surface area contributed by atoms with E-state index < -0.39 is 0 Å². The maximum atomic E-state index is 11.7. The second-order valence-corrected chi connectivity index (χ2v) is 4.22. The van der Waals surface area contributed by atoms with Gasteiger partial charge in [0.05, 0.1) is 14.2 Å². The molecule has 0 aromatic heterocycles. The van der Waals surface area contributed by atoms with Gasteiger partial charge in [0.2, 0.25) is 0 Å². The number of likely N-dealkylation sites (N-methyl/N-ethyl adjacent to an activating group) is 2. The fourth-order valence-electron chi connectivity index (χ4n) is 1.84. The summed E-state index contributed by atoms with van der Waals surface area (Å²) in [5.74, 6) is 0.541. The third kappa shape index (κ3) is 4.44. The summed E-state index contributed by atoms with van der Waals surface area (Å²) < 4.78 is 9.99. The quantitative estimate of drug-likeness (QED) is 0.754. The molecule has 19 heavy (non-hydrogen) atoms. The number of carbonyl (C=O) groups is 1. The van der Waals surface area contributed by atoms with Gasteiger partial charge in [0.25, 0.3) is 0 Å². The van der Waals surface area contributed by atoms with Gasteiger partial charge in [0.1, 0.15) is 11.8 Å². The number of rotatable bonds is 7. The van der Waals surface area contributed by atoms with Gasteiger partial charge < -0.3 is 19.7 Å². The third-order valence-corrected chi connectivity index (χ3v) is 2.89. The van der Waals surface area contributed by atoms with Crippen LogP contribution >= 0.6 is 0 Å². The van der Waals surface area contributed by atoms with Crippen LogP contribution in [-0.4, -0.2) is 46.4 Å². The minimum absolute atomic E-state index is 0.253. The van der Waals surface area contributed by atoms with Gasteiger partial charge in [-0.15, -0.1) is 0 Å². The van der Waals surface area contributed by atoms with E-state index in [4.69, 9.17) is 9.47 Å². The average Bonchev–Trinajstić information content (AvgIpc) is 2.45. The van der Waals surface area contributed by atoms with Crippen molar-refractivity contribution in [3.8, 4) is 5.75 Å². The first-order chi connectivity index (χ1) is 9.12. The molecule has 1 unspecified atom stereocenters. The highest BCUT2D eigenvalue weighted by Gasteiger charge is 2.20. The lowest BCUT2D eigenvalue weighted by Crippen LogP contribution is -2.45. The second-order valence-electron chi connectivity index (χ2n) is 4.22. The number of esters is 1. The Labute approximate surface area is 114 Å². The van der Waals surface area contributed by atoms with E-state index >= 15 is 0 Å². The number of hydrogen-bond acceptors (Lipinski definition) is 5. The molecule has 0 aliphatic rings. The van der Waals surface area contributed by atoms with Crippen molar-refractivity contribution >= 4 is 11.7 Å². The highest BCUT2D eigenvalue weighted by molar-refractivity contribution is 5.76. The molecule has 0 saturated heterocycles. The van der Waals surface area contributed by atoms with Crippen LogP contribution in [0.1, 0.15) is 6.92 Å². The van der Waals surface area contributed by atoms with Crippen molar-refractivity contribution in [1.29, 1.82) is 0 Å². The molecule has 0 radical (unpaired) electrons. The Hall–Kier alpha value is -1.75. The van der Waals surface area contributed by atoms with E-state index in [1.165, 1.54) is 7.11 Å². The summed E-state index contributed by atoms with van der Waals surface area (Å²) >= 11 is 0. The highest BCUT2D eigenvalue weighted by Crippen LogP contribution is 2.19. The largest absolute Gasteiger partial charge is 0.497 e. The Kier molecular flexibility index (Phi) is 6.15. The highest BCUT2D eigenvalue weighted by atomic mass is 16.5. The molecule has 0 amide bonds. The van der Waals surface area contributed by atoms with Crippen LogP contribution in [0.15, 0.2) is 24.3 Å². The van der Waals surface area contributed by atoms with Crippen molar-refractivity contribution in [3.05, 3.63) is 24.3 Å². The fourth-order valence-corrected chi connectivity index (χ4v) is 1.84. The first-order valence-electron chi connectivity index (χ1n) is 6.28. The molecule has 0 heterocycles. The maximum absolute atomic E-state index is 11.7. The van der Waals surface area contributed by atoms with Crippen molar-refractivity contribution in [1.82, 2.24) is 5.32 Å². The monoisotopic (exact) mass is 266 g/mol. The molecule has 1 N–H and O–H groups in total. The predicted molar refractivity (Wildman–Crippen MR) is 75.7 cm³/mol. The second kappa shape index (κ2) is 7.63. The van der Waals surface area contributed by atoms with E-state index in [1.54, 1.807) is 7.11 Å². The number of nitrogens with zero attached hydrogens (tertiary/aromatic N) is 1. The van der Waals surface area contributed by atoms with E-state index in [1.807, 2.05) is 43.1 Å². The van der Waals surface area contributed by atoms with Gasteiger partial charge in [-0.3, -0.25) is 4.79 Å². The molecule has 1 atom stereocenters. The predicted octanol–water partition coefficient (Wildman–Crippen LogP) is 1.28. The topological polar surface area (TPSA) is 50.8 Å². The lowest BCUT2D eigenvalue weighted by Gasteiger charge is -2.25. The van der Waals surface area contributed by atoms with Crippen LogP contribution in [0.3, 0.4) is 0 Å². The molecule has 0 aliphatic carbocycles. The van der Waals surface area contributed by atoms with Crippen molar-refractivity contribution < 1.29 is 14.3 Å². The van der Waals surface area contributed by atoms with Crippen LogP contribution in [0, 0.1) is 0 Å². The van der Waals surface area contributed by atoms with Gasteiger partial charge in [-0.25, -0.2) is 0 Å². The molecule has 0 spiro atoms. The Morgan fingerprint density at radius 2 is 2.16 bits per heavy atom. The summed E-state index contributed by atoms with van der Waals surface area (Å²) in [6.45, 7) is 3.21. The molecule has 1 rings (SSSR count). The first-order valence-corrected chi connectivity index (χ1v) is 6.28. The zero-order chi connectivity index (χ0) is 14.3. The minimum atomic E-state index is -0.341. The van der Waals surface area contributed by atoms with Gasteiger partial charge in [0.15, 0.2) is 0 Å². The maximum Gasteiger partial charge on any atom is 0.324 e. The van der Waals surface area contributed by atoms with Crippen LogP contribution < -0.4 is 15.0 Å². The minimum Gasteiger partial charge on any atom is -0.497 e. The summed E-state index contributed by atoms with van der Waals surface area (Å²) in [4.78, 5) is 13.6. The molecular formula is C14H22N2O3. The Morgan fingerprint density at radius 1 is 1.42 bits per heavy atom. The number of ether oxygens (including phenoxy) is 2. The molecular weight excluding hydrogens is 244 g/mol. The lowest BCUT2D eigenvalue weighted by atomic mass is 10.2. The Balaban J connectivity index is 2.74. The first kappa shape index (κ1) is 15.3. The molecule has 0 fully saturated rings. The molecule has 0 aliphatic heterocycles. The van der Waals surface area contributed by atoms with Crippen LogP contribution in [0.4, 0.5) is 5.69 Å². The van der Waals surface area contributed by atoms with Gasteiger partial charge in [-0.1, -0.05) is 13.0 Å². The zero-order valence-corrected chi connectivity index (χ0v) is 12.0. The van der Waals surface area contributed by atoms with Crippen LogP contribution in [-0.2, 0) is 9.53 Å². The third-order valence-electron chi connectivity index (χ3n) is 2.89. The number of hydrogen-bond donors (Lipinski definition) is 1. The van der Waals surface area contributed by atoms with Crippen LogP contribution in [0.2, 0.25) is 0 Å². The summed E-state index contributed by atoms with van der Waals surface area (Å²) in [7, 11) is 4.97. The summed E-state index contributed by atoms with van der Waals surface area (Å²) in [5, 5.41) is 3.12. The van der Waals surface area contributed by atoms with Crippen molar-refractivity contribution in [2.24, 2.45) is 0 Å². The van der Waals surface area contributed by atoms with E-state index in [-0.39, 0.29) is 12.0 Å². The van der Waals surface area contributed by atoms with E-state index in [9.17, 15) is 4.79 Å². The van der Waals surface area contributed by atoms with Crippen LogP contribution in [0.5, 0.6) is 5.75 Å².